The fourth-order valence-electron chi connectivity index (χ4n) is 1.79. The molecule has 0 aliphatic carbocycles. The van der Waals surface area contributed by atoms with Crippen LogP contribution >= 0.6 is 24.0 Å². The topological polar surface area (TPSA) is 37.9 Å². The number of alkyl halides is 1. The molecule has 3 aromatic rings. The van der Waals surface area contributed by atoms with Gasteiger partial charge in [-0.05, 0) is 24.3 Å². The van der Waals surface area contributed by atoms with Gasteiger partial charge in [0.15, 0.2) is 0 Å². The van der Waals surface area contributed by atoms with Crippen molar-refractivity contribution < 1.29 is 4.74 Å². The lowest BCUT2D eigenvalue weighted by Crippen LogP contribution is -1.83. The molecule has 1 heterocycles. The normalized spacial score (nSPS) is 10.2. The number of rotatable bonds is 3. The summed E-state index contributed by atoms with van der Waals surface area (Å²) in [4.78, 5) is 7.48. The monoisotopic (exact) mass is 294 g/mol. The Hall–Kier alpha value is -1.71. The predicted molar refractivity (Wildman–Crippen MR) is 79.4 cm³/mol. The average Bonchev–Trinajstić information content (AvgIpc) is 2.82. The molecule has 0 atom stereocenters. The molecule has 3 nitrogen and oxygen atoms in total. The molecule has 0 bridgehead atoms. The molecule has 0 fully saturated rings. The van der Waals surface area contributed by atoms with Crippen LogP contribution in [0.4, 0.5) is 0 Å². The molecule has 0 spiro atoms. The fraction of sp³-hybridized carbons (Fsp3) is 0.0714. The molecule has 0 radical (unpaired) electrons. The second-order valence-electron chi connectivity index (χ2n) is 3.91. The number of hydrogen-bond donors (Lipinski definition) is 1. The number of ether oxygens (including phenoxy) is 1. The number of aromatic nitrogens is 2. The van der Waals surface area contributed by atoms with Gasteiger partial charge < -0.3 is 9.72 Å². The minimum atomic E-state index is 0. The zero-order valence-corrected chi connectivity index (χ0v) is 11.5. The van der Waals surface area contributed by atoms with Crippen molar-refractivity contribution >= 4 is 35.0 Å². The van der Waals surface area contributed by atoms with Crippen molar-refractivity contribution in [3.8, 4) is 11.5 Å². The van der Waals surface area contributed by atoms with Gasteiger partial charge in [0.1, 0.15) is 17.3 Å². The lowest BCUT2D eigenvalue weighted by molar-refractivity contribution is 0.483. The van der Waals surface area contributed by atoms with Crippen LogP contribution in [0.1, 0.15) is 5.82 Å². The van der Waals surface area contributed by atoms with Gasteiger partial charge in [-0.25, -0.2) is 4.98 Å². The number of H-pyrrole nitrogens is 1. The standard InChI is InChI=1S/C14H11ClN2O.ClH/c15-9-14-16-12-7-6-11(8-13(12)17-14)18-10-4-2-1-3-5-10;/h1-8H,9H2,(H,16,17);1H. The molecule has 0 amide bonds. The minimum Gasteiger partial charge on any atom is -0.457 e. The molecule has 1 N–H and O–H groups in total. The van der Waals surface area contributed by atoms with Gasteiger partial charge in [-0.3, -0.25) is 0 Å². The van der Waals surface area contributed by atoms with E-state index >= 15 is 0 Å². The SMILES string of the molecule is Cl.ClCc1nc2ccc(Oc3ccccc3)cc2[nH]1. The Morgan fingerprint density at radius 2 is 1.84 bits per heavy atom. The first kappa shape index (κ1) is 13.7. The zero-order valence-electron chi connectivity index (χ0n) is 9.97. The summed E-state index contributed by atoms with van der Waals surface area (Å²) in [6.07, 6.45) is 0. The number of nitrogens with one attached hydrogen (secondary N) is 1. The van der Waals surface area contributed by atoms with E-state index in [-0.39, 0.29) is 12.4 Å². The summed E-state index contributed by atoms with van der Waals surface area (Å²) in [5.41, 5.74) is 1.82. The van der Waals surface area contributed by atoms with E-state index in [0.29, 0.717) is 5.88 Å². The molecule has 0 saturated carbocycles. The first-order valence-electron chi connectivity index (χ1n) is 5.62. The maximum Gasteiger partial charge on any atom is 0.129 e. The van der Waals surface area contributed by atoms with Crippen LogP contribution in [0.25, 0.3) is 11.0 Å². The van der Waals surface area contributed by atoms with Crippen molar-refractivity contribution in [3.63, 3.8) is 0 Å². The van der Waals surface area contributed by atoms with Crippen LogP contribution in [0.15, 0.2) is 48.5 Å². The summed E-state index contributed by atoms with van der Waals surface area (Å²) >= 11 is 5.74. The molecule has 3 rings (SSSR count). The highest BCUT2D eigenvalue weighted by Gasteiger charge is 2.04. The van der Waals surface area contributed by atoms with E-state index in [1.165, 1.54) is 0 Å². The maximum atomic E-state index is 5.75. The summed E-state index contributed by atoms with van der Waals surface area (Å²) in [6.45, 7) is 0. The van der Waals surface area contributed by atoms with Gasteiger partial charge in [0.05, 0.1) is 16.9 Å². The highest BCUT2D eigenvalue weighted by molar-refractivity contribution is 6.16. The van der Waals surface area contributed by atoms with Crippen LogP contribution in [0.5, 0.6) is 11.5 Å². The third-order valence-electron chi connectivity index (χ3n) is 2.61. The van der Waals surface area contributed by atoms with Gasteiger partial charge in [-0.2, -0.15) is 0 Å². The third kappa shape index (κ3) is 3.00. The number of imidazole rings is 1. The van der Waals surface area contributed by atoms with E-state index < -0.39 is 0 Å². The molecule has 0 unspecified atom stereocenters. The Labute approximate surface area is 122 Å². The lowest BCUT2D eigenvalue weighted by atomic mass is 10.3. The smallest absolute Gasteiger partial charge is 0.129 e. The second kappa shape index (κ2) is 5.95. The number of aromatic amines is 1. The van der Waals surface area contributed by atoms with Gasteiger partial charge in [0, 0.05) is 6.07 Å². The predicted octanol–water partition coefficient (Wildman–Crippen LogP) is 4.52. The van der Waals surface area contributed by atoms with Crippen LogP contribution in [0.3, 0.4) is 0 Å². The summed E-state index contributed by atoms with van der Waals surface area (Å²) in [6, 6.07) is 15.4. The molecular weight excluding hydrogens is 283 g/mol. The molecule has 0 aliphatic heterocycles. The first-order valence-corrected chi connectivity index (χ1v) is 6.16. The van der Waals surface area contributed by atoms with Crippen molar-refractivity contribution in [2.45, 2.75) is 5.88 Å². The minimum absolute atomic E-state index is 0. The Kier molecular flexibility index (Phi) is 4.30. The van der Waals surface area contributed by atoms with Crippen molar-refractivity contribution in [3.05, 3.63) is 54.4 Å². The van der Waals surface area contributed by atoms with Gasteiger partial charge in [-0.1, -0.05) is 18.2 Å². The summed E-state index contributed by atoms with van der Waals surface area (Å²) in [5, 5.41) is 0. The van der Waals surface area contributed by atoms with E-state index in [9.17, 15) is 0 Å². The quantitative estimate of drug-likeness (QED) is 0.722. The molecule has 1 aromatic heterocycles. The van der Waals surface area contributed by atoms with E-state index in [1.54, 1.807) is 0 Å². The molecule has 0 saturated heterocycles. The van der Waals surface area contributed by atoms with Crippen molar-refractivity contribution in [1.29, 1.82) is 0 Å². The first-order chi connectivity index (χ1) is 8.85. The molecule has 98 valence electrons. The number of benzene rings is 2. The Morgan fingerprint density at radius 1 is 1.05 bits per heavy atom. The maximum absolute atomic E-state index is 5.75. The van der Waals surface area contributed by atoms with Crippen LogP contribution in [0, 0.1) is 0 Å². The number of para-hydroxylation sites is 1. The van der Waals surface area contributed by atoms with Crippen LogP contribution in [-0.2, 0) is 5.88 Å². The fourth-order valence-corrected chi connectivity index (χ4v) is 1.92. The van der Waals surface area contributed by atoms with Crippen LogP contribution in [-0.4, -0.2) is 9.97 Å². The number of nitrogens with zero attached hydrogens (tertiary/aromatic N) is 1. The second-order valence-corrected chi connectivity index (χ2v) is 4.18. The van der Waals surface area contributed by atoms with Gasteiger partial charge in [0.2, 0.25) is 0 Å². The lowest BCUT2D eigenvalue weighted by Gasteiger charge is -2.04. The zero-order chi connectivity index (χ0) is 12.4. The van der Waals surface area contributed by atoms with E-state index in [2.05, 4.69) is 9.97 Å². The van der Waals surface area contributed by atoms with Crippen molar-refractivity contribution in [1.82, 2.24) is 9.97 Å². The van der Waals surface area contributed by atoms with E-state index in [1.807, 2.05) is 48.5 Å². The highest BCUT2D eigenvalue weighted by atomic mass is 35.5. The molecule has 19 heavy (non-hydrogen) atoms. The van der Waals surface area contributed by atoms with Gasteiger partial charge >= 0.3 is 0 Å². The van der Waals surface area contributed by atoms with Gasteiger partial charge in [0.25, 0.3) is 0 Å². The number of halogens is 2. The summed E-state index contributed by atoms with van der Waals surface area (Å²) in [5.74, 6) is 2.74. The van der Waals surface area contributed by atoms with Crippen LogP contribution < -0.4 is 4.74 Å². The number of fused-ring (bicyclic) bond motifs is 1. The summed E-state index contributed by atoms with van der Waals surface area (Å²) < 4.78 is 5.75. The van der Waals surface area contributed by atoms with Crippen molar-refractivity contribution in [2.75, 3.05) is 0 Å². The third-order valence-corrected chi connectivity index (χ3v) is 2.86. The largest absolute Gasteiger partial charge is 0.457 e. The Balaban J connectivity index is 0.00000133. The number of hydrogen-bond acceptors (Lipinski definition) is 2. The van der Waals surface area contributed by atoms with E-state index in [0.717, 1.165) is 28.4 Å². The molecule has 5 heteroatoms. The summed E-state index contributed by atoms with van der Waals surface area (Å²) in [7, 11) is 0. The average molecular weight is 295 g/mol. The van der Waals surface area contributed by atoms with Crippen LogP contribution in [0.2, 0.25) is 0 Å². The van der Waals surface area contributed by atoms with Gasteiger partial charge in [-0.15, -0.1) is 24.0 Å². The Bertz CT molecular complexity index is 668. The van der Waals surface area contributed by atoms with Crippen molar-refractivity contribution in [2.24, 2.45) is 0 Å². The van der Waals surface area contributed by atoms with E-state index in [4.69, 9.17) is 16.3 Å². The highest BCUT2D eigenvalue weighted by Crippen LogP contribution is 2.24. The molecular formula is C14H12Cl2N2O. The molecule has 2 aromatic carbocycles. The Morgan fingerprint density at radius 3 is 2.58 bits per heavy atom. The molecule has 0 aliphatic rings.